The molecular formula is C26H31N3O2. The van der Waals surface area contributed by atoms with E-state index in [1.54, 1.807) is 6.26 Å². The lowest BCUT2D eigenvalue weighted by molar-refractivity contribution is 0.0924. The first kappa shape index (κ1) is 21.3. The minimum Gasteiger partial charge on any atom is -0.459 e. The number of rotatable bonds is 9. The highest BCUT2D eigenvalue weighted by Gasteiger charge is 2.18. The highest BCUT2D eigenvalue weighted by molar-refractivity contribution is 5.98. The summed E-state index contributed by atoms with van der Waals surface area (Å²) in [5.41, 5.74) is 3.22. The van der Waals surface area contributed by atoms with Crippen LogP contribution in [0, 0.1) is 0 Å². The molecule has 0 aliphatic carbocycles. The van der Waals surface area contributed by atoms with Gasteiger partial charge in [0.25, 0.3) is 5.91 Å². The summed E-state index contributed by atoms with van der Waals surface area (Å²) in [4.78, 5) is 17.6. The van der Waals surface area contributed by atoms with Gasteiger partial charge in [-0.3, -0.25) is 9.69 Å². The lowest BCUT2D eigenvalue weighted by Crippen LogP contribution is -2.46. The monoisotopic (exact) mass is 417 g/mol. The number of piperazine rings is 1. The average molecular weight is 418 g/mol. The van der Waals surface area contributed by atoms with Crippen molar-refractivity contribution in [3.8, 4) is 11.1 Å². The standard InChI is InChI=1S/C26H31N3O2/c30-26(25-24(13-20-31-25)23-11-5-2-6-12-23)27-14-7-8-15-28-16-18-29(19-17-28)21-22-9-3-1-4-10-22/h1-6,9-13,20H,7-8,14-19,21H2,(H,27,30). The number of unbranched alkanes of at least 4 members (excludes halogenated alkanes) is 1. The number of furan rings is 1. The van der Waals surface area contributed by atoms with Crippen LogP contribution in [0.4, 0.5) is 0 Å². The maximum absolute atomic E-state index is 12.5. The summed E-state index contributed by atoms with van der Waals surface area (Å²) >= 11 is 0. The Bertz CT molecular complexity index is 932. The summed E-state index contributed by atoms with van der Waals surface area (Å²) in [5, 5.41) is 3.01. The summed E-state index contributed by atoms with van der Waals surface area (Å²) in [6.07, 6.45) is 3.63. The van der Waals surface area contributed by atoms with Gasteiger partial charge in [0, 0.05) is 44.8 Å². The number of benzene rings is 2. The van der Waals surface area contributed by atoms with Gasteiger partial charge in [-0.15, -0.1) is 0 Å². The van der Waals surface area contributed by atoms with E-state index in [0.29, 0.717) is 12.3 Å². The Hall–Kier alpha value is -2.89. The molecule has 5 nitrogen and oxygen atoms in total. The molecular weight excluding hydrogens is 386 g/mol. The quantitative estimate of drug-likeness (QED) is 0.528. The van der Waals surface area contributed by atoms with E-state index in [1.165, 1.54) is 5.56 Å². The molecule has 4 rings (SSSR count). The molecule has 5 heteroatoms. The molecule has 1 aliphatic heterocycles. The largest absolute Gasteiger partial charge is 0.459 e. The molecule has 1 aliphatic rings. The normalized spacial score (nSPS) is 15.1. The fourth-order valence-electron chi connectivity index (χ4n) is 4.09. The van der Waals surface area contributed by atoms with Gasteiger partial charge in [-0.25, -0.2) is 0 Å². The summed E-state index contributed by atoms with van der Waals surface area (Å²) in [6, 6.07) is 22.4. The Morgan fingerprint density at radius 2 is 1.52 bits per heavy atom. The van der Waals surface area contributed by atoms with Crippen molar-refractivity contribution in [1.82, 2.24) is 15.1 Å². The Labute approximate surface area is 184 Å². The summed E-state index contributed by atoms with van der Waals surface area (Å²) in [7, 11) is 0. The van der Waals surface area contributed by atoms with Gasteiger partial charge < -0.3 is 14.6 Å². The molecule has 2 heterocycles. The number of carbonyl (C=O) groups is 1. The van der Waals surface area contributed by atoms with Gasteiger partial charge in [0.15, 0.2) is 5.76 Å². The van der Waals surface area contributed by atoms with Crippen LogP contribution in [0.15, 0.2) is 77.4 Å². The Balaban J connectivity index is 1.13. The van der Waals surface area contributed by atoms with Gasteiger partial charge in [0.1, 0.15) is 0 Å². The molecule has 162 valence electrons. The van der Waals surface area contributed by atoms with Crippen molar-refractivity contribution < 1.29 is 9.21 Å². The molecule has 1 amide bonds. The van der Waals surface area contributed by atoms with Crippen LogP contribution in [0.1, 0.15) is 29.0 Å². The highest BCUT2D eigenvalue weighted by atomic mass is 16.3. The minimum atomic E-state index is -0.140. The second-order valence-corrected chi connectivity index (χ2v) is 8.10. The number of nitrogens with zero attached hydrogens (tertiary/aromatic N) is 2. The third-order valence-corrected chi connectivity index (χ3v) is 5.86. The molecule has 0 radical (unpaired) electrons. The average Bonchev–Trinajstić information content (AvgIpc) is 3.31. The molecule has 0 bridgehead atoms. The molecule has 1 aromatic heterocycles. The molecule has 0 unspecified atom stereocenters. The molecule has 0 atom stereocenters. The summed E-state index contributed by atoms with van der Waals surface area (Å²) < 4.78 is 5.46. The first-order valence-corrected chi connectivity index (χ1v) is 11.2. The molecule has 1 fully saturated rings. The van der Waals surface area contributed by atoms with E-state index in [4.69, 9.17) is 4.42 Å². The summed E-state index contributed by atoms with van der Waals surface area (Å²) in [5.74, 6) is 0.249. The number of hydrogen-bond donors (Lipinski definition) is 1. The number of carbonyl (C=O) groups excluding carboxylic acids is 1. The first-order chi connectivity index (χ1) is 15.3. The fraction of sp³-hybridized carbons (Fsp3) is 0.346. The number of amides is 1. The van der Waals surface area contributed by atoms with Crippen molar-refractivity contribution in [3.05, 3.63) is 84.3 Å². The van der Waals surface area contributed by atoms with E-state index in [0.717, 1.165) is 63.2 Å². The van der Waals surface area contributed by atoms with Crippen molar-refractivity contribution in [3.63, 3.8) is 0 Å². The molecule has 1 N–H and O–H groups in total. The third kappa shape index (κ3) is 6.06. The fourth-order valence-corrected chi connectivity index (χ4v) is 4.09. The van der Waals surface area contributed by atoms with Crippen molar-refractivity contribution >= 4 is 5.91 Å². The molecule has 0 saturated carbocycles. The van der Waals surface area contributed by atoms with E-state index >= 15 is 0 Å². The zero-order valence-corrected chi connectivity index (χ0v) is 18.0. The van der Waals surface area contributed by atoms with E-state index < -0.39 is 0 Å². The molecule has 31 heavy (non-hydrogen) atoms. The van der Waals surface area contributed by atoms with Crippen LogP contribution in [0.25, 0.3) is 11.1 Å². The Morgan fingerprint density at radius 3 is 2.26 bits per heavy atom. The third-order valence-electron chi connectivity index (χ3n) is 5.86. The summed E-state index contributed by atoms with van der Waals surface area (Å²) in [6.45, 7) is 7.27. The van der Waals surface area contributed by atoms with Gasteiger partial charge in [-0.05, 0) is 36.6 Å². The molecule has 0 spiro atoms. The molecule has 1 saturated heterocycles. The van der Waals surface area contributed by atoms with Gasteiger partial charge in [-0.1, -0.05) is 60.7 Å². The predicted molar refractivity (Wildman–Crippen MR) is 124 cm³/mol. The molecule has 2 aromatic carbocycles. The van der Waals surface area contributed by atoms with E-state index in [-0.39, 0.29) is 5.91 Å². The second-order valence-electron chi connectivity index (χ2n) is 8.10. The van der Waals surface area contributed by atoms with Crippen LogP contribution in [0.5, 0.6) is 0 Å². The van der Waals surface area contributed by atoms with E-state index in [1.807, 2.05) is 36.4 Å². The van der Waals surface area contributed by atoms with Crippen molar-refractivity contribution in [1.29, 1.82) is 0 Å². The Morgan fingerprint density at radius 1 is 0.839 bits per heavy atom. The zero-order valence-electron chi connectivity index (χ0n) is 18.0. The van der Waals surface area contributed by atoms with Crippen LogP contribution in [0.2, 0.25) is 0 Å². The second kappa shape index (κ2) is 10.9. The number of hydrogen-bond acceptors (Lipinski definition) is 4. The SMILES string of the molecule is O=C(NCCCCN1CCN(Cc2ccccc2)CC1)c1occc1-c1ccccc1. The highest BCUT2D eigenvalue weighted by Crippen LogP contribution is 2.24. The van der Waals surface area contributed by atoms with Gasteiger partial charge >= 0.3 is 0 Å². The lowest BCUT2D eigenvalue weighted by atomic mass is 10.1. The van der Waals surface area contributed by atoms with Gasteiger partial charge in [-0.2, -0.15) is 0 Å². The van der Waals surface area contributed by atoms with Crippen LogP contribution in [0.3, 0.4) is 0 Å². The topological polar surface area (TPSA) is 48.7 Å². The van der Waals surface area contributed by atoms with Crippen LogP contribution >= 0.6 is 0 Å². The van der Waals surface area contributed by atoms with Crippen LogP contribution < -0.4 is 5.32 Å². The van der Waals surface area contributed by atoms with Gasteiger partial charge in [0.2, 0.25) is 0 Å². The Kier molecular flexibility index (Phi) is 7.53. The molecule has 3 aromatic rings. The van der Waals surface area contributed by atoms with Crippen molar-refractivity contribution in [2.75, 3.05) is 39.3 Å². The minimum absolute atomic E-state index is 0.140. The maximum atomic E-state index is 12.5. The maximum Gasteiger partial charge on any atom is 0.287 e. The smallest absolute Gasteiger partial charge is 0.287 e. The number of nitrogens with one attached hydrogen (secondary N) is 1. The van der Waals surface area contributed by atoms with Gasteiger partial charge in [0.05, 0.1) is 6.26 Å². The van der Waals surface area contributed by atoms with Crippen LogP contribution in [-0.2, 0) is 6.54 Å². The predicted octanol–water partition coefficient (Wildman–Crippen LogP) is 4.27. The first-order valence-electron chi connectivity index (χ1n) is 11.2. The van der Waals surface area contributed by atoms with Crippen LogP contribution in [-0.4, -0.2) is 55.0 Å². The van der Waals surface area contributed by atoms with Crippen molar-refractivity contribution in [2.45, 2.75) is 19.4 Å². The lowest BCUT2D eigenvalue weighted by Gasteiger charge is -2.34. The van der Waals surface area contributed by atoms with Crippen molar-refractivity contribution in [2.24, 2.45) is 0 Å². The van der Waals surface area contributed by atoms with E-state index in [9.17, 15) is 4.79 Å². The van der Waals surface area contributed by atoms with E-state index in [2.05, 4.69) is 45.4 Å². The zero-order chi connectivity index (χ0) is 21.3.